The van der Waals surface area contributed by atoms with Gasteiger partial charge in [-0.2, -0.15) is 0 Å². The van der Waals surface area contributed by atoms with Crippen molar-refractivity contribution in [3.05, 3.63) is 31.7 Å². The maximum Gasteiger partial charge on any atom is 0.361 e. The predicted molar refractivity (Wildman–Crippen MR) is 299 cm³/mol. The number of aromatic nitrogens is 6. The molecule has 0 saturated carbocycles. The highest BCUT2D eigenvalue weighted by Gasteiger charge is 2.30. The Labute approximate surface area is 506 Å². The quantitative estimate of drug-likeness (QED) is 0.0397. The molecular formula is C52H84Br2N6O24. The van der Waals surface area contributed by atoms with E-state index in [9.17, 15) is 28.8 Å². The number of unbranched alkanes of at least 4 members (excludes halogenated alkanes) is 6. The van der Waals surface area contributed by atoms with E-state index < -0.39 is 35.8 Å². The minimum atomic E-state index is -0.879. The van der Waals surface area contributed by atoms with Gasteiger partial charge < -0.3 is 85.3 Å². The van der Waals surface area contributed by atoms with Gasteiger partial charge in [0.1, 0.15) is 35.4 Å². The third kappa shape index (κ3) is 35.1. The summed E-state index contributed by atoms with van der Waals surface area (Å²) in [6.07, 6.45) is 4.42. The molecule has 84 heavy (non-hydrogen) atoms. The van der Waals surface area contributed by atoms with Crippen LogP contribution in [-0.4, -0.2) is 266 Å². The van der Waals surface area contributed by atoms with Gasteiger partial charge in [-0.3, -0.25) is 0 Å². The topological polar surface area (TPSA) is 330 Å². The monoisotopic (exact) mass is 1330 g/mol. The van der Waals surface area contributed by atoms with Crippen molar-refractivity contribution in [2.45, 2.75) is 64.5 Å². The number of rotatable bonds is 56. The Morgan fingerprint density at radius 3 is 0.845 bits per heavy atom. The van der Waals surface area contributed by atoms with Crippen LogP contribution in [0.3, 0.4) is 0 Å². The molecule has 0 aliphatic heterocycles. The van der Waals surface area contributed by atoms with Gasteiger partial charge >= 0.3 is 35.8 Å². The molecule has 2 aromatic rings. The molecule has 0 spiro atoms. The highest BCUT2D eigenvalue weighted by atomic mass is 79.9. The summed E-state index contributed by atoms with van der Waals surface area (Å²) in [5.41, 5.74) is -0.977. The van der Waals surface area contributed by atoms with E-state index in [1.54, 1.807) is 28.4 Å². The van der Waals surface area contributed by atoms with Crippen molar-refractivity contribution in [3.8, 4) is 0 Å². The number of esters is 6. The Balaban J connectivity index is 1.81. The molecule has 0 aliphatic carbocycles. The summed E-state index contributed by atoms with van der Waals surface area (Å²) in [7, 11) is 6.29. The number of nitrogens with zero attached hydrogens (tertiary/aromatic N) is 6. The van der Waals surface area contributed by atoms with Crippen LogP contribution in [0.1, 0.15) is 93.3 Å². The fourth-order valence-corrected chi connectivity index (χ4v) is 7.14. The first-order chi connectivity index (χ1) is 41.0. The molecule has 32 heteroatoms. The Morgan fingerprint density at radius 2 is 0.560 bits per heavy atom. The number of ether oxygens (including phenoxy) is 18. The van der Waals surface area contributed by atoms with E-state index >= 15 is 0 Å². The number of hydrogen-bond acceptors (Lipinski definition) is 28. The fraction of sp³-hybridized carbons (Fsp3) is 0.769. The number of hydrogen-bond donors (Lipinski definition) is 0. The van der Waals surface area contributed by atoms with Crippen molar-refractivity contribution in [3.63, 3.8) is 0 Å². The lowest BCUT2D eigenvalue weighted by Crippen LogP contribution is -2.21. The van der Waals surface area contributed by atoms with Crippen LogP contribution in [0.25, 0.3) is 0 Å². The van der Waals surface area contributed by atoms with Crippen molar-refractivity contribution >= 4 is 67.7 Å². The lowest BCUT2D eigenvalue weighted by Gasteiger charge is -2.10. The van der Waals surface area contributed by atoms with Crippen LogP contribution >= 0.6 is 31.9 Å². The van der Waals surface area contributed by atoms with E-state index in [-0.39, 0.29) is 137 Å². The number of aryl methyl sites for hydroxylation is 2. The summed E-state index contributed by atoms with van der Waals surface area (Å²) in [4.78, 5) is 78.1. The van der Waals surface area contributed by atoms with E-state index in [0.717, 1.165) is 0 Å². The zero-order valence-corrected chi connectivity index (χ0v) is 51.9. The van der Waals surface area contributed by atoms with Crippen LogP contribution in [0.2, 0.25) is 0 Å². The van der Waals surface area contributed by atoms with Crippen LogP contribution in [-0.2, 0) is 108 Å². The summed E-state index contributed by atoms with van der Waals surface area (Å²) >= 11 is 6.25. The molecule has 2 rings (SSSR count). The van der Waals surface area contributed by atoms with Crippen molar-refractivity contribution in [1.82, 2.24) is 30.0 Å². The zero-order valence-electron chi connectivity index (χ0n) is 48.7. The van der Waals surface area contributed by atoms with E-state index in [1.807, 2.05) is 0 Å². The number of carbonyl (C=O) groups excluding carboxylic acids is 6. The molecule has 0 aromatic carbocycles. The van der Waals surface area contributed by atoms with Gasteiger partial charge in [-0.1, -0.05) is 23.3 Å². The van der Waals surface area contributed by atoms with Crippen molar-refractivity contribution in [2.75, 3.05) is 200 Å². The fourth-order valence-electron chi connectivity index (χ4n) is 6.59. The van der Waals surface area contributed by atoms with Crippen LogP contribution in [0.4, 0.5) is 0 Å². The minimum Gasteiger partial charge on any atom is -0.462 e. The van der Waals surface area contributed by atoms with E-state index in [4.69, 9.17) is 85.3 Å². The number of halogens is 2. The molecular weight excluding hydrogens is 1250 g/mol. The SMILES string of the molecule is COCCOCCOCCOC(=O)c1nnn(CCCCCCOC(=O)/C(Br)=C(\Br)C(=O)OCCCCCCn2nnc(C(=O)OCCOCCOCCOC)c2C(=O)OCCOCCOCCOC)c1C(=O)OCCOCCOCCOC. The summed E-state index contributed by atoms with van der Waals surface area (Å²) in [6, 6.07) is 0. The molecule has 0 aliphatic rings. The van der Waals surface area contributed by atoms with Crippen LogP contribution in [0.15, 0.2) is 8.96 Å². The Kier molecular flexibility index (Phi) is 46.3. The van der Waals surface area contributed by atoms with Gasteiger partial charge in [0.25, 0.3) is 0 Å². The zero-order chi connectivity index (χ0) is 61.1. The van der Waals surface area contributed by atoms with Crippen molar-refractivity contribution < 1.29 is 114 Å². The summed E-state index contributed by atoms with van der Waals surface area (Å²) in [5, 5.41) is 15.9. The molecule has 30 nitrogen and oxygen atoms in total. The second kappa shape index (κ2) is 51.5. The van der Waals surface area contributed by atoms with Gasteiger partial charge in [0.15, 0.2) is 11.4 Å². The molecule has 0 bridgehead atoms. The maximum absolute atomic E-state index is 13.3. The molecule has 0 amide bonds. The first-order valence-corrected chi connectivity index (χ1v) is 29.1. The third-order valence-electron chi connectivity index (χ3n) is 10.8. The molecule has 0 atom stereocenters. The molecule has 0 unspecified atom stereocenters. The van der Waals surface area contributed by atoms with E-state index in [2.05, 4.69) is 52.5 Å². The molecule has 2 heterocycles. The van der Waals surface area contributed by atoms with E-state index in [1.165, 1.54) is 9.36 Å². The molecule has 0 radical (unpaired) electrons. The summed E-state index contributed by atoms with van der Waals surface area (Å²) < 4.78 is 97.2. The largest absolute Gasteiger partial charge is 0.462 e. The van der Waals surface area contributed by atoms with Crippen LogP contribution in [0, 0.1) is 0 Å². The number of carbonyl (C=O) groups is 6. The van der Waals surface area contributed by atoms with Gasteiger partial charge in [0, 0.05) is 41.5 Å². The molecule has 2 aromatic heterocycles. The normalized spacial score (nSPS) is 11.6. The minimum absolute atomic E-state index is 0.0404. The second-order valence-electron chi connectivity index (χ2n) is 17.2. The van der Waals surface area contributed by atoms with Crippen molar-refractivity contribution in [1.29, 1.82) is 0 Å². The lowest BCUT2D eigenvalue weighted by molar-refractivity contribution is -0.141. The second-order valence-corrected chi connectivity index (χ2v) is 18.7. The average molecular weight is 1340 g/mol. The highest BCUT2D eigenvalue weighted by Crippen LogP contribution is 2.22. The van der Waals surface area contributed by atoms with Crippen LogP contribution < -0.4 is 0 Å². The highest BCUT2D eigenvalue weighted by molar-refractivity contribution is 9.14. The standard InChI is InChI=1S/C52H84Br2N6O24/c1-67-17-21-71-25-29-75-33-37-81-49(63)43-45(51(65)83-39-35-77-31-27-73-23-19-69-3)59(57-55-43)13-9-5-7-11-15-79-47(61)41(53)42(54)48(62)80-16-12-8-6-10-14-60-46(52(66)84-40-36-78-32-28-74-24-20-70-4)44(56-58-60)50(64)82-38-34-76-30-26-72-22-18-68-2/h5-40H2,1-4H3/b42-41+. The van der Waals surface area contributed by atoms with Gasteiger partial charge in [-0.25, -0.2) is 38.1 Å². The predicted octanol–water partition coefficient (Wildman–Crippen LogP) is 3.12. The van der Waals surface area contributed by atoms with Gasteiger partial charge in [-0.05, 0) is 70.4 Å². The van der Waals surface area contributed by atoms with Crippen molar-refractivity contribution in [2.24, 2.45) is 0 Å². The Bertz CT molecular complexity index is 1990. The first kappa shape index (κ1) is 75.4. The molecule has 480 valence electrons. The molecule has 0 saturated heterocycles. The molecule has 0 fully saturated rings. The summed E-state index contributed by atoms with van der Waals surface area (Å²) in [6.45, 7) is 6.33. The van der Waals surface area contributed by atoms with Gasteiger partial charge in [0.05, 0.1) is 145 Å². The summed E-state index contributed by atoms with van der Waals surface area (Å²) in [5.74, 6) is -5.00. The van der Waals surface area contributed by atoms with Gasteiger partial charge in [0.2, 0.25) is 11.4 Å². The molecule has 0 N–H and O–H groups in total. The maximum atomic E-state index is 13.3. The smallest absolute Gasteiger partial charge is 0.361 e. The lowest BCUT2D eigenvalue weighted by atomic mass is 10.2. The third-order valence-corrected chi connectivity index (χ3v) is 12.8. The number of methoxy groups -OCH3 is 4. The average Bonchev–Trinajstić information content (AvgIpc) is 4.25. The van der Waals surface area contributed by atoms with E-state index in [0.29, 0.717) is 131 Å². The van der Waals surface area contributed by atoms with Crippen LogP contribution in [0.5, 0.6) is 0 Å². The van der Waals surface area contributed by atoms with Gasteiger partial charge in [-0.15, -0.1) is 10.2 Å². The Morgan fingerprint density at radius 1 is 0.310 bits per heavy atom. The first-order valence-electron chi connectivity index (χ1n) is 27.5. The Hall–Kier alpha value is -4.68.